The quantitative estimate of drug-likeness (QED) is 0.859. The SMILES string of the molecule is CC1COC(CO)CN1C(=O)c1ccc(Br)cc1O. The Morgan fingerprint density at radius 1 is 1.58 bits per heavy atom. The number of carbonyl (C=O) groups is 1. The minimum absolute atomic E-state index is 0.0568. The molecule has 0 spiro atoms. The number of phenols is 1. The molecule has 1 saturated heterocycles. The number of hydrogen-bond acceptors (Lipinski definition) is 4. The molecule has 6 heteroatoms. The standard InChI is InChI=1S/C13H16BrNO4/c1-8-7-19-10(6-16)5-15(8)13(18)11-3-2-9(14)4-12(11)17/h2-4,8,10,16-17H,5-7H2,1H3. The van der Waals surface area contributed by atoms with Crippen LogP contribution in [-0.2, 0) is 4.74 Å². The summed E-state index contributed by atoms with van der Waals surface area (Å²) in [6, 6.07) is 4.69. The molecule has 5 nitrogen and oxygen atoms in total. The molecule has 0 aromatic heterocycles. The van der Waals surface area contributed by atoms with E-state index in [9.17, 15) is 9.90 Å². The average Bonchev–Trinajstić information content (AvgIpc) is 2.38. The summed E-state index contributed by atoms with van der Waals surface area (Å²) in [5.74, 6) is -0.308. The van der Waals surface area contributed by atoms with Gasteiger partial charge in [-0.3, -0.25) is 4.79 Å². The van der Waals surface area contributed by atoms with E-state index in [-0.39, 0.29) is 36.0 Å². The van der Waals surface area contributed by atoms with Crippen LogP contribution in [0, 0.1) is 0 Å². The highest BCUT2D eigenvalue weighted by atomic mass is 79.9. The van der Waals surface area contributed by atoms with Crippen LogP contribution in [0.15, 0.2) is 22.7 Å². The molecule has 0 bridgehead atoms. The molecule has 2 rings (SSSR count). The summed E-state index contributed by atoms with van der Waals surface area (Å²) in [5.41, 5.74) is 0.258. The first-order valence-corrected chi connectivity index (χ1v) is 6.84. The van der Waals surface area contributed by atoms with Gasteiger partial charge in [-0.15, -0.1) is 0 Å². The number of ether oxygens (including phenoxy) is 1. The summed E-state index contributed by atoms with van der Waals surface area (Å²) in [7, 11) is 0. The number of hydrogen-bond donors (Lipinski definition) is 2. The Morgan fingerprint density at radius 2 is 2.32 bits per heavy atom. The zero-order valence-corrected chi connectivity index (χ0v) is 12.1. The first kappa shape index (κ1) is 14.3. The lowest BCUT2D eigenvalue weighted by Gasteiger charge is -2.37. The van der Waals surface area contributed by atoms with Crippen molar-refractivity contribution >= 4 is 21.8 Å². The molecule has 1 heterocycles. The lowest BCUT2D eigenvalue weighted by atomic mass is 10.1. The molecule has 0 radical (unpaired) electrons. The summed E-state index contributed by atoms with van der Waals surface area (Å²) in [6.45, 7) is 2.46. The average molecular weight is 330 g/mol. The number of amides is 1. The predicted octanol–water partition coefficient (Wildman–Crippen LogP) is 1.38. The second-order valence-corrected chi connectivity index (χ2v) is 5.52. The van der Waals surface area contributed by atoms with Crippen molar-refractivity contribution in [1.82, 2.24) is 4.90 Å². The number of morpholine rings is 1. The molecule has 0 aliphatic carbocycles. The van der Waals surface area contributed by atoms with Gasteiger partial charge in [0, 0.05) is 11.0 Å². The highest BCUT2D eigenvalue weighted by molar-refractivity contribution is 9.10. The molecular formula is C13H16BrNO4. The van der Waals surface area contributed by atoms with Gasteiger partial charge < -0.3 is 19.8 Å². The van der Waals surface area contributed by atoms with Gasteiger partial charge in [-0.2, -0.15) is 0 Å². The maximum Gasteiger partial charge on any atom is 0.258 e. The predicted molar refractivity (Wildman–Crippen MR) is 73.1 cm³/mol. The van der Waals surface area contributed by atoms with Gasteiger partial charge in [0.15, 0.2) is 0 Å². The number of benzene rings is 1. The molecule has 1 aliphatic heterocycles. The lowest BCUT2D eigenvalue weighted by molar-refractivity contribution is -0.0667. The molecule has 2 N–H and O–H groups in total. The van der Waals surface area contributed by atoms with Crippen LogP contribution in [0.4, 0.5) is 0 Å². The van der Waals surface area contributed by atoms with Crippen LogP contribution in [-0.4, -0.2) is 52.9 Å². The van der Waals surface area contributed by atoms with E-state index in [1.165, 1.54) is 6.07 Å². The van der Waals surface area contributed by atoms with Gasteiger partial charge in [0.25, 0.3) is 5.91 Å². The molecule has 104 valence electrons. The molecule has 0 saturated carbocycles. The number of nitrogens with zero attached hydrogens (tertiary/aromatic N) is 1. The number of phenolic OH excluding ortho intramolecular Hbond substituents is 1. The van der Waals surface area contributed by atoms with E-state index in [0.29, 0.717) is 17.6 Å². The number of aromatic hydroxyl groups is 1. The third kappa shape index (κ3) is 3.08. The Bertz CT molecular complexity index is 480. The maximum absolute atomic E-state index is 12.4. The van der Waals surface area contributed by atoms with Crippen LogP contribution in [0.1, 0.15) is 17.3 Å². The van der Waals surface area contributed by atoms with E-state index in [1.807, 2.05) is 6.92 Å². The Balaban J connectivity index is 2.22. The Morgan fingerprint density at radius 3 is 2.95 bits per heavy atom. The normalized spacial score (nSPS) is 23.4. The smallest absolute Gasteiger partial charge is 0.258 e. The fourth-order valence-electron chi connectivity index (χ4n) is 2.05. The highest BCUT2D eigenvalue weighted by Crippen LogP contribution is 2.25. The number of aliphatic hydroxyl groups excluding tert-OH is 1. The monoisotopic (exact) mass is 329 g/mol. The summed E-state index contributed by atoms with van der Waals surface area (Å²) >= 11 is 3.24. The molecular weight excluding hydrogens is 314 g/mol. The van der Waals surface area contributed by atoms with Gasteiger partial charge in [0.1, 0.15) is 5.75 Å². The number of aliphatic hydroxyl groups is 1. The zero-order valence-electron chi connectivity index (χ0n) is 10.5. The minimum atomic E-state index is -0.363. The molecule has 1 aliphatic rings. The van der Waals surface area contributed by atoms with Crippen LogP contribution < -0.4 is 0 Å². The van der Waals surface area contributed by atoms with E-state index >= 15 is 0 Å². The van der Waals surface area contributed by atoms with Crippen molar-refractivity contribution in [2.45, 2.75) is 19.1 Å². The third-order valence-corrected chi connectivity index (χ3v) is 3.65. The summed E-state index contributed by atoms with van der Waals surface area (Å²) in [4.78, 5) is 14.0. The van der Waals surface area contributed by atoms with Gasteiger partial charge >= 0.3 is 0 Å². The van der Waals surface area contributed by atoms with E-state index in [0.717, 1.165) is 0 Å². The van der Waals surface area contributed by atoms with E-state index in [2.05, 4.69) is 15.9 Å². The zero-order chi connectivity index (χ0) is 14.0. The van der Waals surface area contributed by atoms with Gasteiger partial charge in [0.05, 0.1) is 30.9 Å². The molecule has 1 aromatic carbocycles. The van der Waals surface area contributed by atoms with Crippen molar-refractivity contribution in [3.8, 4) is 5.75 Å². The Hall–Kier alpha value is -1.11. The summed E-state index contributed by atoms with van der Waals surface area (Å²) < 4.78 is 6.10. The highest BCUT2D eigenvalue weighted by Gasteiger charge is 2.30. The summed E-state index contributed by atoms with van der Waals surface area (Å²) in [6.07, 6.45) is -0.363. The van der Waals surface area contributed by atoms with Gasteiger partial charge in [-0.25, -0.2) is 0 Å². The Kier molecular flexibility index (Phi) is 4.44. The maximum atomic E-state index is 12.4. The molecule has 2 unspecified atom stereocenters. The first-order chi connectivity index (χ1) is 9.02. The molecule has 1 aromatic rings. The van der Waals surface area contributed by atoms with Crippen LogP contribution in [0.3, 0.4) is 0 Å². The molecule has 1 fully saturated rings. The van der Waals surface area contributed by atoms with Crippen molar-refractivity contribution in [3.63, 3.8) is 0 Å². The fraction of sp³-hybridized carbons (Fsp3) is 0.462. The van der Waals surface area contributed by atoms with Crippen molar-refractivity contribution in [2.24, 2.45) is 0 Å². The first-order valence-electron chi connectivity index (χ1n) is 6.05. The van der Waals surface area contributed by atoms with E-state index in [1.54, 1.807) is 17.0 Å². The minimum Gasteiger partial charge on any atom is -0.507 e. The fourth-order valence-corrected chi connectivity index (χ4v) is 2.40. The number of rotatable bonds is 2. The largest absolute Gasteiger partial charge is 0.507 e. The third-order valence-electron chi connectivity index (χ3n) is 3.16. The van der Waals surface area contributed by atoms with Crippen molar-refractivity contribution in [1.29, 1.82) is 0 Å². The van der Waals surface area contributed by atoms with Crippen LogP contribution >= 0.6 is 15.9 Å². The van der Waals surface area contributed by atoms with Crippen LogP contribution in [0.25, 0.3) is 0 Å². The number of halogens is 1. The molecule has 1 amide bonds. The molecule has 19 heavy (non-hydrogen) atoms. The summed E-state index contributed by atoms with van der Waals surface area (Å²) in [5, 5.41) is 19.0. The van der Waals surface area contributed by atoms with Crippen molar-refractivity contribution in [2.75, 3.05) is 19.8 Å². The van der Waals surface area contributed by atoms with E-state index in [4.69, 9.17) is 9.84 Å². The lowest BCUT2D eigenvalue weighted by Crippen LogP contribution is -2.52. The van der Waals surface area contributed by atoms with Gasteiger partial charge in [0.2, 0.25) is 0 Å². The Labute approximate surface area is 119 Å². The molecule has 2 atom stereocenters. The van der Waals surface area contributed by atoms with Crippen molar-refractivity contribution < 1.29 is 19.7 Å². The van der Waals surface area contributed by atoms with Gasteiger partial charge in [-0.1, -0.05) is 15.9 Å². The topological polar surface area (TPSA) is 70.0 Å². The van der Waals surface area contributed by atoms with E-state index < -0.39 is 0 Å². The van der Waals surface area contributed by atoms with Crippen LogP contribution in [0.2, 0.25) is 0 Å². The second-order valence-electron chi connectivity index (χ2n) is 4.61. The van der Waals surface area contributed by atoms with Crippen molar-refractivity contribution in [3.05, 3.63) is 28.2 Å². The number of carbonyl (C=O) groups excluding carboxylic acids is 1. The van der Waals surface area contributed by atoms with Gasteiger partial charge in [-0.05, 0) is 25.1 Å². The van der Waals surface area contributed by atoms with Crippen LogP contribution in [0.5, 0.6) is 5.75 Å². The second kappa shape index (κ2) is 5.90.